The normalized spacial score (nSPS) is 11.2. The Hall–Kier alpha value is -0.710. The summed E-state index contributed by atoms with van der Waals surface area (Å²) in [7, 11) is 1.43. The van der Waals surface area contributed by atoms with Gasteiger partial charge in [-0.2, -0.15) is 0 Å². The molecule has 0 saturated heterocycles. The largest absolute Gasteiger partial charge is 0.492 e. The Morgan fingerprint density at radius 2 is 2.12 bits per heavy atom. The second-order valence-electron chi connectivity index (χ2n) is 3.59. The summed E-state index contributed by atoms with van der Waals surface area (Å²) in [5.74, 6) is 0.428. The summed E-state index contributed by atoms with van der Waals surface area (Å²) < 4.78 is 27.5. The third kappa shape index (κ3) is 4.58. The minimum atomic E-state index is -3.76. The maximum absolute atomic E-state index is 11.1. The van der Waals surface area contributed by atoms with Gasteiger partial charge in [0, 0.05) is 17.1 Å². The fourth-order valence-corrected chi connectivity index (χ4v) is 2.16. The standard InChI is InChI=1S/C11H12Cl2O3S/c1-8(2)5-6-16-11-4-3-9(7-10(11)12)17(13,14)15/h3-4,7H,1,5-6H2,2H3. The van der Waals surface area contributed by atoms with Crippen molar-refractivity contribution < 1.29 is 13.2 Å². The first-order chi connectivity index (χ1) is 7.80. The molecule has 0 aromatic heterocycles. The molecule has 0 aliphatic rings. The summed E-state index contributed by atoms with van der Waals surface area (Å²) in [4.78, 5) is -0.0450. The lowest BCUT2D eigenvalue weighted by atomic mass is 10.2. The summed E-state index contributed by atoms with van der Waals surface area (Å²) in [5, 5.41) is 0.216. The number of benzene rings is 1. The van der Waals surface area contributed by atoms with Gasteiger partial charge in [0.05, 0.1) is 16.5 Å². The van der Waals surface area contributed by atoms with Crippen LogP contribution < -0.4 is 4.74 Å². The summed E-state index contributed by atoms with van der Waals surface area (Å²) in [6, 6.07) is 4.10. The van der Waals surface area contributed by atoms with Crippen molar-refractivity contribution in [3.63, 3.8) is 0 Å². The predicted molar refractivity (Wildman–Crippen MR) is 69.4 cm³/mol. The third-order valence-electron chi connectivity index (χ3n) is 1.97. The highest BCUT2D eigenvalue weighted by atomic mass is 35.7. The molecule has 0 fully saturated rings. The molecule has 0 saturated carbocycles. The number of halogens is 2. The number of hydrogen-bond donors (Lipinski definition) is 0. The summed E-state index contributed by atoms with van der Waals surface area (Å²) in [5.41, 5.74) is 1.00. The van der Waals surface area contributed by atoms with Gasteiger partial charge in [0.15, 0.2) is 0 Å². The number of rotatable bonds is 5. The number of ether oxygens (including phenoxy) is 1. The minimum Gasteiger partial charge on any atom is -0.492 e. The van der Waals surface area contributed by atoms with E-state index in [1.165, 1.54) is 18.2 Å². The lowest BCUT2D eigenvalue weighted by Crippen LogP contribution is -1.99. The van der Waals surface area contributed by atoms with Gasteiger partial charge >= 0.3 is 0 Å². The Morgan fingerprint density at radius 3 is 2.59 bits per heavy atom. The molecular formula is C11H12Cl2O3S. The average Bonchev–Trinajstić information content (AvgIpc) is 2.18. The van der Waals surface area contributed by atoms with Crippen molar-refractivity contribution >= 4 is 31.3 Å². The summed E-state index contributed by atoms with van der Waals surface area (Å²) in [6.07, 6.45) is 0.714. The third-order valence-corrected chi connectivity index (χ3v) is 3.62. The molecule has 1 rings (SSSR count). The Morgan fingerprint density at radius 1 is 1.47 bits per heavy atom. The minimum absolute atomic E-state index is 0.0450. The van der Waals surface area contributed by atoms with E-state index in [0.29, 0.717) is 18.8 Å². The topological polar surface area (TPSA) is 43.4 Å². The van der Waals surface area contributed by atoms with Crippen molar-refractivity contribution in [3.8, 4) is 5.75 Å². The SMILES string of the molecule is C=C(C)CCOc1ccc(S(=O)(=O)Cl)cc1Cl. The van der Waals surface area contributed by atoms with Crippen LogP contribution in [0.2, 0.25) is 5.02 Å². The molecule has 3 nitrogen and oxygen atoms in total. The van der Waals surface area contributed by atoms with Crippen LogP contribution in [-0.2, 0) is 9.05 Å². The van der Waals surface area contributed by atoms with E-state index >= 15 is 0 Å². The zero-order valence-electron chi connectivity index (χ0n) is 9.24. The molecule has 0 N–H and O–H groups in total. The van der Waals surface area contributed by atoms with Crippen molar-refractivity contribution in [2.75, 3.05) is 6.61 Å². The molecule has 0 amide bonds. The van der Waals surface area contributed by atoms with E-state index in [0.717, 1.165) is 5.57 Å². The fourth-order valence-electron chi connectivity index (χ4n) is 1.09. The molecule has 17 heavy (non-hydrogen) atoms. The van der Waals surface area contributed by atoms with E-state index in [1.807, 2.05) is 6.92 Å². The molecule has 94 valence electrons. The molecule has 0 aliphatic heterocycles. The lowest BCUT2D eigenvalue weighted by Gasteiger charge is -2.08. The van der Waals surface area contributed by atoms with E-state index in [2.05, 4.69) is 6.58 Å². The monoisotopic (exact) mass is 294 g/mol. The van der Waals surface area contributed by atoms with E-state index in [-0.39, 0.29) is 9.92 Å². The Kier molecular flexibility index (Phi) is 4.86. The molecule has 0 aliphatic carbocycles. The predicted octanol–water partition coefficient (Wildman–Crippen LogP) is 3.61. The maximum Gasteiger partial charge on any atom is 0.261 e. The smallest absolute Gasteiger partial charge is 0.261 e. The highest BCUT2D eigenvalue weighted by molar-refractivity contribution is 8.13. The van der Waals surface area contributed by atoms with Crippen LogP contribution in [0.25, 0.3) is 0 Å². The van der Waals surface area contributed by atoms with Crippen LogP contribution in [0.5, 0.6) is 5.75 Å². The van der Waals surface area contributed by atoms with Crippen LogP contribution in [0.3, 0.4) is 0 Å². The van der Waals surface area contributed by atoms with Crippen LogP contribution in [0.15, 0.2) is 35.2 Å². The Bertz CT molecular complexity index is 524. The van der Waals surface area contributed by atoms with Crippen molar-refractivity contribution in [1.82, 2.24) is 0 Å². The number of hydrogen-bond acceptors (Lipinski definition) is 3. The molecule has 0 atom stereocenters. The zero-order valence-corrected chi connectivity index (χ0v) is 11.6. The van der Waals surface area contributed by atoms with Crippen LogP contribution in [-0.4, -0.2) is 15.0 Å². The first kappa shape index (κ1) is 14.4. The average molecular weight is 295 g/mol. The van der Waals surface area contributed by atoms with Crippen LogP contribution in [0, 0.1) is 0 Å². The molecule has 6 heteroatoms. The Balaban J connectivity index is 2.80. The van der Waals surface area contributed by atoms with Gasteiger partial charge in [-0.3, -0.25) is 0 Å². The van der Waals surface area contributed by atoms with E-state index < -0.39 is 9.05 Å². The van der Waals surface area contributed by atoms with Crippen molar-refractivity contribution in [3.05, 3.63) is 35.4 Å². The zero-order chi connectivity index (χ0) is 13.1. The van der Waals surface area contributed by atoms with Gasteiger partial charge in [0.25, 0.3) is 9.05 Å². The maximum atomic E-state index is 11.1. The van der Waals surface area contributed by atoms with Crippen molar-refractivity contribution in [2.24, 2.45) is 0 Å². The highest BCUT2D eigenvalue weighted by Crippen LogP contribution is 2.28. The molecule has 0 radical (unpaired) electrons. The van der Waals surface area contributed by atoms with E-state index in [1.54, 1.807) is 0 Å². The van der Waals surface area contributed by atoms with Crippen LogP contribution >= 0.6 is 22.3 Å². The van der Waals surface area contributed by atoms with Gasteiger partial charge in [0.1, 0.15) is 5.75 Å². The van der Waals surface area contributed by atoms with Crippen molar-refractivity contribution in [1.29, 1.82) is 0 Å². The van der Waals surface area contributed by atoms with E-state index in [9.17, 15) is 8.42 Å². The van der Waals surface area contributed by atoms with E-state index in [4.69, 9.17) is 27.0 Å². The second-order valence-corrected chi connectivity index (χ2v) is 6.56. The highest BCUT2D eigenvalue weighted by Gasteiger charge is 2.12. The van der Waals surface area contributed by atoms with Crippen molar-refractivity contribution in [2.45, 2.75) is 18.2 Å². The first-order valence-electron chi connectivity index (χ1n) is 4.82. The molecule has 0 bridgehead atoms. The quantitative estimate of drug-likeness (QED) is 0.615. The summed E-state index contributed by atoms with van der Waals surface area (Å²) in [6.45, 7) is 6.09. The molecule has 0 unspecified atom stereocenters. The van der Waals surface area contributed by atoms with Gasteiger partial charge in [-0.1, -0.05) is 17.2 Å². The molecule has 0 spiro atoms. The van der Waals surface area contributed by atoms with Gasteiger partial charge in [0.2, 0.25) is 0 Å². The van der Waals surface area contributed by atoms with Gasteiger partial charge < -0.3 is 4.74 Å². The van der Waals surface area contributed by atoms with Crippen LogP contribution in [0.4, 0.5) is 0 Å². The lowest BCUT2D eigenvalue weighted by molar-refractivity contribution is 0.322. The van der Waals surface area contributed by atoms with Gasteiger partial charge in [-0.05, 0) is 25.1 Å². The second kappa shape index (κ2) is 5.76. The molecular weight excluding hydrogens is 283 g/mol. The van der Waals surface area contributed by atoms with Gasteiger partial charge in [-0.25, -0.2) is 8.42 Å². The first-order valence-corrected chi connectivity index (χ1v) is 7.51. The summed E-state index contributed by atoms with van der Waals surface area (Å²) >= 11 is 5.88. The Labute approximate surface area is 110 Å². The molecule has 1 aromatic rings. The fraction of sp³-hybridized carbons (Fsp3) is 0.273. The van der Waals surface area contributed by atoms with Gasteiger partial charge in [-0.15, -0.1) is 6.58 Å². The molecule has 1 aromatic carbocycles. The van der Waals surface area contributed by atoms with Crippen LogP contribution in [0.1, 0.15) is 13.3 Å². The molecule has 0 heterocycles.